The molecule has 1 fully saturated rings. The molecule has 0 unspecified atom stereocenters. The van der Waals surface area contributed by atoms with Gasteiger partial charge in [0.25, 0.3) is 0 Å². The molecule has 2 rings (SSSR count). The Hall–Kier alpha value is -1.43. The first-order chi connectivity index (χ1) is 8.67. The summed E-state index contributed by atoms with van der Waals surface area (Å²) in [5.41, 5.74) is 0. The van der Waals surface area contributed by atoms with Gasteiger partial charge in [0.15, 0.2) is 0 Å². The zero-order valence-electron chi connectivity index (χ0n) is 10.5. The summed E-state index contributed by atoms with van der Waals surface area (Å²) in [4.78, 5) is 10.4. The molecule has 1 aromatic rings. The maximum atomic E-state index is 10.4. The number of carboxylic acid groups (broad SMARTS) is 1. The highest BCUT2D eigenvalue weighted by molar-refractivity contribution is 5.66. The molecular weight excluding hydrogens is 236 g/mol. The monoisotopic (exact) mass is 254 g/mol. The van der Waals surface area contributed by atoms with Crippen LogP contribution in [0.15, 0.2) is 4.42 Å². The average Bonchev–Trinajstić information content (AvgIpc) is 2.71. The van der Waals surface area contributed by atoms with Gasteiger partial charge in [-0.2, -0.15) is 0 Å². The molecule has 0 spiro atoms. The number of aryl methyl sites for hydroxylation is 1. The fourth-order valence-corrected chi connectivity index (χ4v) is 2.15. The summed E-state index contributed by atoms with van der Waals surface area (Å²) >= 11 is 0. The van der Waals surface area contributed by atoms with E-state index in [0.29, 0.717) is 30.2 Å². The summed E-state index contributed by atoms with van der Waals surface area (Å²) in [5.74, 6) is 0.714. The van der Waals surface area contributed by atoms with Crippen LogP contribution in [-0.2, 0) is 22.4 Å². The van der Waals surface area contributed by atoms with Crippen LogP contribution < -0.4 is 0 Å². The van der Waals surface area contributed by atoms with Crippen molar-refractivity contribution in [2.24, 2.45) is 5.92 Å². The molecule has 1 saturated carbocycles. The van der Waals surface area contributed by atoms with Crippen molar-refractivity contribution in [3.63, 3.8) is 0 Å². The maximum Gasteiger partial charge on any atom is 0.303 e. The molecule has 0 saturated heterocycles. The predicted octanol–water partition coefficient (Wildman–Crippen LogP) is 1.44. The van der Waals surface area contributed by atoms with Gasteiger partial charge in [0.2, 0.25) is 11.8 Å². The van der Waals surface area contributed by atoms with Crippen LogP contribution >= 0.6 is 0 Å². The molecule has 18 heavy (non-hydrogen) atoms. The zero-order valence-corrected chi connectivity index (χ0v) is 10.5. The van der Waals surface area contributed by atoms with E-state index in [-0.39, 0.29) is 6.42 Å². The van der Waals surface area contributed by atoms with Crippen molar-refractivity contribution in [3.8, 4) is 0 Å². The van der Waals surface area contributed by atoms with Crippen LogP contribution in [0.25, 0.3) is 0 Å². The van der Waals surface area contributed by atoms with Crippen LogP contribution in [0, 0.1) is 5.92 Å². The van der Waals surface area contributed by atoms with Gasteiger partial charge in [0.05, 0.1) is 12.5 Å². The molecule has 0 aliphatic heterocycles. The Morgan fingerprint density at radius 3 is 2.83 bits per heavy atom. The van der Waals surface area contributed by atoms with E-state index in [1.165, 1.54) is 0 Å². The number of hydrogen-bond acceptors (Lipinski definition) is 5. The first-order valence-electron chi connectivity index (χ1n) is 6.32. The van der Waals surface area contributed by atoms with E-state index in [1.807, 2.05) is 6.92 Å². The number of aromatic nitrogens is 2. The van der Waals surface area contributed by atoms with E-state index in [9.17, 15) is 4.79 Å². The number of aliphatic carboxylic acids is 1. The van der Waals surface area contributed by atoms with Crippen molar-refractivity contribution in [2.75, 3.05) is 6.61 Å². The fourth-order valence-electron chi connectivity index (χ4n) is 2.15. The van der Waals surface area contributed by atoms with Crippen LogP contribution in [0.5, 0.6) is 0 Å². The van der Waals surface area contributed by atoms with E-state index in [2.05, 4.69) is 10.2 Å². The lowest BCUT2D eigenvalue weighted by Gasteiger charge is -2.33. The second kappa shape index (κ2) is 5.95. The zero-order chi connectivity index (χ0) is 13.0. The lowest BCUT2D eigenvalue weighted by Crippen LogP contribution is -2.32. The third kappa shape index (κ3) is 3.53. The van der Waals surface area contributed by atoms with Crippen LogP contribution in [-0.4, -0.2) is 34.0 Å². The summed E-state index contributed by atoms with van der Waals surface area (Å²) in [5, 5.41) is 16.3. The number of hydrogen-bond donors (Lipinski definition) is 1. The van der Waals surface area contributed by atoms with Crippen molar-refractivity contribution in [1.82, 2.24) is 10.2 Å². The molecule has 0 radical (unpaired) electrons. The smallest absolute Gasteiger partial charge is 0.303 e. The Balaban J connectivity index is 1.72. The van der Waals surface area contributed by atoms with Gasteiger partial charge < -0.3 is 14.3 Å². The van der Waals surface area contributed by atoms with Crippen molar-refractivity contribution in [3.05, 3.63) is 11.8 Å². The van der Waals surface area contributed by atoms with E-state index in [1.54, 1.807) is 0 Å². The van der Waals surface area contributed by atoms with Gasteiger partial charge in [-0.1, -0.05) is 0 Å². The molecule has 1 N–H and O–H groups in total. The molecule has 1 aliphatic rings. The maximum absolute atomic E-state index is 10.4. The van der Waals surface area contributed by atoms with Crippen LogP contribution in [0.2, 0.25) is 0 Å². The molecule has 0 aromatic carbocycles. The van der Waals surface area contributed by atoms with Gasteiger partial charge in [-0.05, 0) is 25.7 Å². The largest absolute Gasteiger partial charge is 0.481 e. The van der Waals surface area contributed by atoms with Gasteiger partial charge in [0, 0.05) is 19.4 Å². The molecule has 6 nitrogen and oxygen atoms in total. The number of rotatable bonds is 7. The average molecular weight is 254 g/mol. The van der Waals surface area contributed by atoms with Gasteiger partial charge >= 0.3 is 5.97 Å². The lowest BCUT2D eigenvalue weighted by atomic mass is 9.80. The summed E-state index contributed by atoms with van der Waals surface area (Å²) in [6.07, 6.45) is 3.56. The minimum absolute atomic E-state index is 0.0253. The lowest BCUT2D eigenvalue weighted by molar-refractivity contribution is -0.137. The highest BCUT2D eigenvalue weighted by Gasteiger charge is 2.30. The molecule has 100 valence electrons. The SMILES string of the molecule is CCOC1CC(Cc2nnc(CCC(=O)O)o2)C1. The minimum atomic E-state index is -0.853. The standard InChI is InChI=1S/C12H18N2O4/c1-2-17-9-5-8(6-9)7-11-14-13-10(18-11)3-4-12(15)16/h8-9H,2-7H2,1H3,(H,15,16). The van der Waals surface area contributed by atoms with Gasteiger partial charge in [-0.25, -0.2) is 0 Å². The second-order valence-corrected chi connectivity index (χ2v) is 4.60. The summed E-state index contributed by atoms with van der Waals surface area (Å²) in [6.45, 7) is 2.76. The first kappa shape index (κ1) is 13.0. The highest BCUT2D eigenvalue weighted by atomic mass is 16.5. The van der Waals surface area contributed by atoms with Crippen molar-refractivity contribution in [1.29, 1.82) is 0 Å². The normalized spacial score (nSPS) is 22.7. The number of carboxylic acids is 1. The van der Waals surface area contributed by atoms with Gasteiger partial charge in [0.1, 0.15) is 0 Å². The van der Waals surface area contributed by atoms with E-state index in [0.717, 1.165) is 25.9 Å². The predicted molar refractivity (Wildman–Crippen MR) is 62.1 cm³/mol. The van der Waals surface area contributed by atoms with Gasteiger partial charge in [-0.15, -0.1) is 10.2 Å². The molecule has 0 bridgehead atoms. The van der Waals surface area contributed by atoms with Crippen LogP contribution in [0.1, 0.15) is 38.0 Å². The Kier molecular flexibility index (Phi) is 4.30. The third-order valence-electron chi connectivity index (χ3n) is 3.12. The quantitative estimate of drug-likeness (QED) is 0.792. The number of ether oxygens (including phenoxy) is 1. The number of carbonyl (C=O) groups is 1. The molecular formula is C12H18N2O4. The molecule has 1 heterocycles. The highest BCUT2D eigenvalue weighted by Crippen LogP contribution is 2.32. The van der Waals surface area contributed by atoms with Crippen molar-refractivity contribution in [2.45, 2.75) is 45.1 Å². The summed E-state index contributed by atoms with van der Waals surface area (Å²) < 4.78 is 10.9. The Labute approximate surface area is 105 Å². The molecule has 6 heteroatoms. The molecule has 1 aliphatic carbocycles. The van der Waals surface area contributed by atoms with Crippen molar-refractivity contribution >= 4 is 5.97 Å². The van der Waals surface area contributed by atoms with E-state index in [4.69, 9.17) is 14.3 Å². The third-order valence-corrected chi connectivity index (χ3v) is 3.12. The van der Waals surface area contributed by atoms with E-state index < -0.39 is 5.97 Å². The van der Waals surface area contributed by atoms with Crippen LogP contribution in [0.4, 0.5) is 0 Å². The summed E-state index contributed by atoms with van der Waals surface area (Å²) in [6, 6.07) is 0. The van der Waals surface area contributed by atoms with Crippen molar-refractivity contribution < 1.29 is 19.1 Å². The fraction of sp³-hybridized carbons (Fsp3) is 0.750. The summed E-state index contributed by atoms with van der Waals surface area (Å²) in [7, 11) is 0. The Bertz CT molecular complexity index is 399. The molecule has 0 atom stereocenters. The Morgan fingerprint density at radius 2 is 2.17 bits per heavy atom. The molecule has 0 amide bonds. The minimum Gasteiger partial charge on any atom is -0.481 e. The second-order valence-electron chi connectivity index (χ2n) is 4.60. The topological polar surface area (TPSA) is 85.5 Å². The first-order valence-corrected chi connectivity index (χ1v) is 6.32. The molecule has 1 aromatic heterocycles. The van der Waals surface area contributed by atoms with Gasteiger partial charge in [-0.3, -0.25) is 4.79 Å². The van der Waals surface area contributed by atoms with Crippen LogP contribution in [0.3, 0.4) is 0 Å². The van der Waals surface area contributed by atoms with E-state index >= 15 is 0 Å². The number of nitrogens with zero attached hydrogens (tertiary/aromatic N) is 2. The Morgan fingerprint density at radius 1 is 1.44 bits per heavy atom.